The van der Waals surface area contributed by atoms with E-state index in [1.165, 1.54) is 4.88 Å². The third-order valence-electron chi connectivity index (χ3n) is 2.33. The van der Waals surface area contributed by atoms with Crippen molar-refractivity contribution in [2.24, 2.45) is 0 Å². The van der Waals surface area contributed by atoms with Crippen LogP contribution in [0, 0.1) is 0 Å². The first-order valence-electron chi connectivity index (χ1n) is 6.53. The molecule has 1 rings (SSSR count). The van der Waals surface area contributed by atoms with Gasteiger partial charge in [0.05, 0.1) is 9.33 Å². The summed E-state index contributed by atoms with van der Waals surface area (Å²) in [4.78, 5) is 13.0. The number of ether oxygens (including phenoxy) is 1. The highest BCUT2D eigenvalue weighted by Gasteiger charge is 2.24. The van der Waals surface area contributed by atoms with Crippen LogP contribution in [0.5, 0.6) is 0 Å². The van der Waals surface area contributed by atoms with E-state index in [1.807, 2.05) is 40.7 Å². The normalized spacial score (nSPS) is 12.3. The van der Waals surface area contributed by atoms with Crippen LogP contribution in [0.25, 0.3) is 0 Å². The Morgan fingerprint density at radius 3 is 2.45 bits per heavy atom. The van der Waals surface area contributed by atoms with Crippen molar-refractivity contribution in [3.8, 4) is 0 Å². The molecular weight excluding hydrogens is 340 g/mol. The van der Waals surface area contributed by atoms with Crippen LogP contribution in [0.4, 0.5) is 4.79 Å². The van der Waals surface area contributed by atoms with Crippen LogP contribution >= 0.6 is 27.3 Å². The lowest BCUT2D eigenvalue weighted by Crippen LogP contribution is -2.51. The molecule has 6 heteroatoms. The summed E-state index contributed by atoms with van der Waals surface area (Å²) in [5.41, 5.74) is -0.840. The molecule has 1 heterocycles. The Morgan fingerprint density at radius 2 is 1.95 bits per heavy atom. The van der Waals surface area contributed by atoms with Gasteiger partial charge in [-0.2, -0.15) is 0 Å². The molecule has 1 aromatic heterocycles. The van der Waals surface area contributed by atoms with E-state index < -0.39 is 5.60 Å². The van der Waals surface area contributed by atoms with Gasteiger partial charge in [0.15, 0.2) is 0 Å². The first-order chi connectivity index (χ1) is 9.07. The van der Waals surface area contributed by atoms with Gasteiger partial charge in [-0.15, -0.1) is 11.3 Å². The van der Waals surface area contributed by atoms with Crippen molar-refractivity contribution in [3.63, 3.8) is 0 Å². The van der Waals surface area contributed by atoms with Crippen LogP contribution in [0.3, 0.4) is 0 Å². The number of carbonyl (C=O) groups is 1. The van der Waals surface area contributed by atoms with E-state index in [0.717, 1.165) is 10.3 Å². The topological polar surface area (TPSA) is 50.4 Å². The fraction of sp³-hybridized carbons (Fsp3) is 0.643. The fourth-order valence-corrected chi connectivity index (χ4v) is 3.02. The monoisotopic (exact) mass is 362 g/mol. The lowest BCUT2D eigenvalue weighted by atomic mass is 10.1. The summed E-state index contributed by atoms with van der Waals surface area (Å²) in [7, 11) is 0. The lowest BCUT2D eigenvalue weighted by Gasteiger charge is -2.28. The Kier molecular flexibility index (Phi) is 6.04. The van der Waals surface area contributed by atoms with Gasteiger partial charge in [-0.05, 0) is 62.7 Å². The van der Waals surface area contributed by atoms with Gasteiger partial charge in [-0.25, -0.2) is 4.79 Å². The van der Waals surface area contributed by atoms with Crippen LogP contribution in [0.15, 0.2) is 15.9 Å². The second kappa shape index (κ2) is 6.91. The maximum atomic E-state index is 11.7. The van der Waals surface area contributed by atoms with Crippen molar-refractivity contribution in [3.05, 3.63) is 20.8 Å². The van der Waals surface area contributed by atoms with Gasteiger partial charge in [0.25, 0.3) is 0 Å². The SMILES string of the molecule is CC(C)(CNCc1ccc(Br)s1)NC(=O)OC(C)(C)C. The van der Waals surface area contributed by atoms with Gasteiger partial charge in [-0.1, -0.05) is 0 Å². The van der Waals surface area contributed by atoms with Gasteiger partial charge < -0.3 is 15.4 Å². The highest BCUT2D eigenvalue weighted by atomic mass is 79.9. The lowest BCUT2D eigenvalue weighted by molar-refractivity contribution is 0.0472. The molecule has 0 aliphatic carbocycles. The minimum Gasteiger partial charge on any atom is -0.444 e. The zero-order valence-corrected chi connectivity index (χ0v) is 15.1. The Morgan fingerprint density at radius 1 is 1.30 bits per heavy atom. The molecule has 0 aliphatic rings. The molecule has 1 amide bonds. The predicted octanol–water partition coefficient (Wildman–Crippen LogP) is 3.90. The van der Waals surface area contributed by atoms with Crippen LogP contribution < -0.4 is 10.6 Å². The highest BCUT2D eigenvalue weighted by molar-refractivity contribution is 9.11. The smallest absolute Gasteiger partial charge is 0.408 e. The van der Waals surface area contributed by atoms with Crippen molar-refractivity contribution >= 4 is 33.4 Å². The second-order valence-electron chi connectivity index (χ2n) is 6.32. The molecule has 0 aromatic carbocycles. The quantitative estimate of drug-likeness (QED) is 0.834. The van der Waals surface area contributed by atoms with Crippen molar-refractivity contribution in [1.82, 2.24) is 10.6 Å². The van der Waals surface area contributed by atoms with Crippen molar-refractivity contribution in [2.45, 2.75) is 52.3 Å². The number of carbonyl (C=O) groups excluding carboxylic acids is 1. The molecule has 0 unspecified atom stereocenters. The molecule has 0 radical (unpaired) electrons. The van der Waals surface area contributed by atoms with Crippen LogP contribution in [-0.4, -0.2) is 23.8 Å². The van der Waals surface area contributed by atoms with Gasteiger partial charge in [0, 0.05) is 18.0 Å². The number of halogens is 1. The number of thiophene rings is 1. The van der Waals surface area contributed by atoms with Crippen LogP contribution in [-0.2, 0) is 11.3 Å². The van der Waals surface area contributed by atoms with Crippen molar-refractivity contribution in [2.75, 3.05) is 6.54 Å². The number of rotatable bonds is 5. The number of hydrogen-bond acceptors (Lipinski definition) is 4. The molecule has 0 fully saturated rings. The van der Waals surface area contributed by atoms with Crippen molar-refractivity contribution < 1.29 is 9.53 Å². The number of alkyl carbamates (subject to hydrolysis) is 1. The summed E-state index contributed by atoms with van der Waals surface area (Å²) in [5, 5.41) is 6.22. The molecule has 0 saturated heterocycles. The van der Waals surface area contributed by atoms with Gasteiger partial charge in [0.1, 0.15) is 5.60 Å². The van der Waals surface area contributed by atoms with E-state index in [9.17, 15) is 4.79 Å². The van der Waals surface area contributed by atoms with Crippen LogP contribution in [0.2, 0.25) is 0 Å². The maximum absolute atomic E-state index is 11.7. The van der Waals surface area contributed by atoms with Crippen molar-refractivity contribution in [1.29, 1.82) is 0 Å². The average molecular weight is 363 g/mol. The second-order valence-corrected chi connectivity index (χ2v) is 8.87. The summed E-state index contributed by atoms with van der Waals surface area (Å²) >= 11 is 5.14. The molecule has 0 spiro atoms. The minimum atomic E-state index is -0.475. The molecule has 2 N–H and O–H groups in total. The van der Waals surface area contributed by atoms with Gasteiger partial charge in [-0.3, -0.25) is 0 Å². The van der Waals surface area contributed by atoms with Gasteiger partial charge in [0.2, 0.25) is 0 Å². The largest absolute Gasteiger partial charge is 0.444 e. The molecule has 1 aromatic rings. The molecule has 0 aliphatic heterocycles. The maximum Gasteiger partial charge on any atom is 0.408 e. The summed E-state index contributed by atoms with van der Waals surface area (Å²) in [6.45, 7) is 10.9. The Bertz CT molecular complexity index is 452. The van der Waals surface area contributed by atoms with E-state index in [2.05, 4.69) is 32.6 Å². The summed E-state index contributed by atoms with van der Waals surface area (Å²) in [6, 6.07) is 4.11. The molecule has 0 bridgehead atoms. The van der Waals surface area contributed by atoms with Crippen LogP contribution in [0.1, 0.15) is 39.5 Å². The molecule has 4 nitrogen and oxygen atoms in total. The molecule has 0 saturated carbocycles. The minimum absolute atomic E-state index is 0.364. The third-order valence-corrected chi connectivity index (χ3v) is 3.96. The molecule has 0 atom stereocenters. The third kappa shape index (κ3) is 7.26. The van der Waals surface area contributed by atoms with E-state index in [4.69, 9.17) is 4.74 Å². The van der Waals surface area contributed by atoms with E-state index >= 15 is 0 Å². The summed E-state index contributed by atoms with van der Waals surface area (Å²) in [6.07, 6.45) is -0.386. The Balaban J connectivity index is 2.35. The highest BCUT2D eigenvalue weighted by Crippen LogP contribution is 2.21. The van der Waals surface area contributed by atoms with E-state index in [1.54, 1.807) is 11.3 Å². The standard InChI is InChI=1S/C14H23BrN2O2S/c1-13(2,3)19-12(18)17-14(4,5)9-16-8-10-6-7-11(15)20-10/h6-7,16H,8-9H2,1-5H3,(H,17,18). The van der Waals surface area contributed by atoms with E-state index in [0.29, 0.717) is 6.54 Å². The first-order valence-corrected chi connectivity index (χ1v) is 8.14. The molecular formula is C14H23BrN2O2S. The zero-order valence-electron chi connectivity index (χ0n) is 12.7. The first kappa shape index (κ1) is 17.5. The Labute approximate surface area is 133 Å². The summed E-state index contributed by atoms with van der Waals surface area (Å²) in [5.74, 6) is 0. The zero-order chi connectivity index (χ0) is 15.4. The molecule has 20 heavy (non-hydrogen) atoms. The summed E-state index contributed by atoms with van der Waals surface area (Å²) < 4.78 is 6.38. The van der Waals surface area contributed by atoms with E-state index in [-0.39, 0.29) is 11.6 Å². The number of amides is 1. The Hall–Kier alpha value is -0.590. The number of nitrogens with one attached hydrogen (secondary N) is 2. The fourth-order valence-electron chi connectivity index (χ4n) is 1.57. The number of hydrogen-bond donors (Lipinski definition) is 2. The predicted molar refractivity (Wildman–Crippen MR) is 87.2 cm³/mol. The van der Waals surface area contributed by atoms with Gasteiger partial charge >= 0.3 is 6.09 Å². The molecule has 114 valence electrons. The average Bonchev–Trinajstić information content (AvgIpc) is 2.59.